The zero-order valence-electron chi connectivity index (χ0n) is 20.4. The van der Waals surface area contributed by atoms with E-state index in [-0.39, 0.29) is 11.3 Å². The van der Waals surface area contributed by atoms with Crippen LogP contribution in [-0.4, -0.2) is 23.9 Å². The predicted molar refractivity (Wildman–Crippen MR) is 155 cm³/mol. The van der Waals surface area contributed by atoms with Crippen LogP contribution in [0, 0.1) is 0 Å². The molecule has 0 saturated heterocycles. The summed E-state index contributed by atoms with van der Waals surface area (Å²) >= 11 is 9.29. The first-order valence-corrected chi connectivity index (χ1v) is 12.8. The predicted octanol–water partition coefficient (Wildman–Crippen LogP) is 6.02. The van der Waals surface area contributed by atoms with Crippen molar-refractivity contribution in [1.82, 2.24) is 5.43 Å². The molecule has 3 amide bonds. The van der Waals surface area contributed by atoms with Crippen molar-refractivity contribution in [3.63, 3.8) is 0 Å². The summed E-state index contributed by atoms with van der Waals surface area (Å²) in [7, 11) is 0. The highest BCUT2D eigenvalue weighted by molar-refractivity contribution is 9.10. The Hall–Kier alpha value is -4.47. The molecule has 196 valence electrons. The molecule has 8 nitrogen and oxygen atoms in total. The minimum Gasteiger partial charge on any atom is -0.488 e. The first-order valence-electron chi connectivity index (χ1n) is 11.7. The molecular weight excluding hydrogens is 584 g/mol. The molecule has 0 heterocycles. The van der Waals surface area contributed by atoms with Crippen LogP contribution in [-0.2, 0) is 16.2 Å². The highest BCUT2D eigenvalue weighted by Gasteiger charge is 2.18. The average molecular weight is 606 g/mol. The Morgan fingerprint density at radius 3 is 2.33 bits per heavy atom. The number of carbonyl (C=O) groups excluding carboxylic acids is 3. The SMILES string of the molecule is O=C(NN=Cc1cc(Br)ccc1OCc1ccccc1)C(=O)Nc1ccccc1C(=O)Nc1ccc(Cl)cc1. The van der Waals surface area contributed by atoms with Gasteiger partial charge in [-0.15, -0.1) is 0 Å². The van der Waals surface area contributed by atoms with Crippen LogP contribution < -0.4 is 20.8 Å². The fraction of sp³-hybridized carbons (Fsp3) is 0.0345. The van der Waals surface area contributed by atoms with E-state index in [1.165, 1.54) is 18.3 Å². The molecule has 10 heteroatoms. The smallest absolute Gasteiger partial charge is 0.329 e. The van der Waals surface area contributed by atoms with Crippen molar-refractivity contribution < 1.29 is 19.1 Å². The average Bonchev–Trinajstić information content (AvgIpc) is 2.94. The molecule has 4 rings (SSSR count). The fourth-order valence-electron chi connectivity index (χ4n) is 3.40. The molecule has 4 aromatic rings. The van der Waals surface area contributed by atoms with Crippen molar-refractivity contribution in [3.05, 3.63) is 123 Å². The number of nitrogens with zero attached hydrogens (tertiary/aromatic N) is 1. The van der Waals surface area contributed by atoms with Gasteiger partial charge in [-0.05, 0) is 60.2 Å². The molecule has 0 radical (unpaired) electrons. The molecule has 0 aliphatic rings. The molecule has 0 saturated carbocycles. The standard InChI is InChI=1S/C29H22BrClN4O4/c30-21-10-15-26(39-18-19-6-2-1-3-7-19)20(16-21)17-32-35-29(38)28(37)34-25-9-5-4-8-24(25)27(36)33-23-13-11-22(31)12-14-23/h1-17H,18H2,(H,33,36)(H,34,37)(H,35,38). The second kappa shape index (κ2) is 13.4. The van der Waals surface area contributed by atoms with Gasteiger partial charge in [0, 0.05) is 20.7 Å². The summed E-state index contributed by atoms with van der Waals surface area (Å²) in [6, 6.07) is 27.9. The normalized spacial score (nSPS) is 10.6. The van der Waals surface area contributed by atoms with Crippen molar-refractivity contribution in [3.8, 4) is 5.75 Å². The molecule has 0 bridgehead atoms. The van der Waals surface area contributed by atoms with E-state index in [2.05, 4.69) is 37.1 Å². The molecule has 4 aromatic carbocycles. The van der Waals surface area contributed by atoms with Crippen LogP contribution in [0.25, 0.3) is 0 Å². The van der Waals surface area contributed by atoms with Gasteiger partial charge in [-0.3, -0.25) is 14.4 Å². The Morgan fingerprint density at radius 2 is 1.56 bits per heavy atom. The van der Waals surface area contributed by atoms with E-state index in [4.69, 9.17) is 16.3 Å². The van der Waals surface area contributed by atoms with Gasteiger partial charge in [0.25, 0.3) is 5.91 Å². The van der Waals surface area contributed by atoms with Crippen LogP contribution in [0.1, 0.15) is 21.5 Å². The van der Waals surface area contributed by atoms with Gasteiger partial charge in [0.1, 0.15) is 12.4 Å². The molecule has 0 aliphatic heterocycles. The maximum atomic E-state index is 12.8. The summed E-state index contributed by atoms with van der Waals surface area (Å²) < 4.78 is 6.68. The van der Waals surface area contributed by atoms with E-state index in [1.54, 1.807) is 48.5 Å². The lowest BCUT2D eigenvalue weighted by molar-refractivity contribution is -0.136. The molecule has 0 fully saturated rings. The van der Waals surface area contributed by atoms with Crippen LogP contribution in [0.3, 0.4) is 0 Å². The van der Waals surface area contributed by atoms with Gasteiger partial charge >= 0.3 is 11.8 Å². The van der Waals surface area contributed by atoms with Crippen molar-refractivity contribution in [2.75, 3.05) is 10.6 Å². The molecular formula is C29H22BrClN4O4. The van der Waals surface area contributed by atoms with Crippen molar-refractivity contribution in [2.45, 2.75) is 6.61 Å². The Kier molecular flexibility index (Phi) is 9.44. The second-order valence-electron chi connectivity index (χ2n) is 8.12. The Balaban J connectivity index is 1.38. The second-order valence-corrected chi connectivity index (χ2v) is 9.47. The van der Waals surface area contributed by atoms with Gasteiger partial charge < -0.3 is 15.4 Å². The van der Waals surface area contributed by atoms with Gasteiger partial charge in [-0.25, -0.2) is 5.43 Å². The minimum atomic E-state index is -1.01. The Labute approximate surface area is 238 Å². The van der Waals surface area contributed by atoms with Crippen LogP contribution in [0.5, 0.6) is 5.75 Å². The zero-order valence-corrected chi connectivity index (χ0v) is 22.7. The summed E-state index contributed by atoms with van der Waals surface area (Å²) in [6.45, 7) is 0.350. The number of hydrogen-bond acceptors (Lipinski definition) is 5. The number of ether oxygens (including phenoxy) is 1. The van der Waals surface area contributed by atoms with E-state index >= 15 is 0 Å². The van der Waals surface area contributed by atoms with Crippen molar-refractivity contribution in [2.24, 2.45) is 5.10 Å². The number of rotatable bonds is 8. The number of anilines is 2. The maximum Gasteiger partial charge on any atom is 0.329 e. The Bertz CT molecular complexity index is 1510. The third-order valence-electron chi connectivity index (χ3n) is 5.31. The van der Waals surface area contributed by atoms with Crippen molar-refractivity contribution in [1.29, 1.82) is 0 Å². The first-order chi connectivity index (χ1) is 18.9. The molecule has 0 spiro atoms. The monoisotopic (exact) mass is 604 g/mol. The van der Waals surface area contributed by atoms with Crippen LogP contribution in [0.2, 0.25) is 5.02 Å². The summed E-state index contributed by atoms with van der Waals surface area (Å²) in [5.41, 5.74) is 4.65. The molecule has 0 aliphatic carbocycles. The number of para-hydroxylation sites is 1. The summed E-state index contributed by atoms with van der Waals surface area (Å²) in [4.78, 5) is 37.7. The number of amides is 3. The lowest BCUT2D eigenvalue weighted by Gasteiger charge is -2.11. The van der Waals surface area contributed by atoms with Gasteiger partial charge in [0.15, 0.2) is 0 Å². The van der Waals surface area contributed by atoms with Gasteiger partial charge in [-0.1, -0.05) is 70.0 Å². The largest absolute Gasteiger partial charge is 0.488 e. The maximum absolute atomic E-state index is 12.8. The van der Waals surface area contributed by atoms with Gasteiger partial charge in [0.2, 0.25) is 0 Å². The van der Waals surface area contributed by atoms with Gasteiger partial charge in [0.05, 0.1) is 17.5 Å². The molecule has 0 atom stereocenters. The van der Waals surface area contributed by atoms with E-state index < -0.39 is 17.7 Å². The third kappa shape index (κ3) is 8.00. The Morgan fingerprint density at radius 1 is 0.846 bits per heavy atom. The summed E-state index contributed by atoms with van der Waals surface area (Å²) in [5.74, 6) is -1.93. The topological polar surface area (TPSA) is 109 Å². The molecule has 0 unspecified atom stereocenters. The lowest BCUT2D eigenvalue weighted by Crippen LogP contribution is -2.33. The number of halogens is 2. The summed E-state index contributed by atoms with van der Waals surface area (Å²) in [6.07, 6.45) is 1.38. The van der Waals surface area contributed by atoms with E-state index in [0.29, 0.717) is 28.6 Å². The van der Waals surface area contributed by atoms with Crippen LogP contribution >= 0.6 is 27.5 Å². The quantitative estimate of drug-likeness (QED) is 0.130. The highest BCUT2D eigenvalue weighted by atomic mass is 79.9. The zero-order chi connectivity index (χ0) is 27.6. The number of benzene rings is 4. The number of hydrogen-bond donors (Lipinski definition) is 3. The minimum absolute atomic E-state index is 0.164. The first kappa shape index (κ1) is 27.6. The van der Waals surface area contributed by atoms with Crippen LogP contribution in [0.4, 0.5) is 11.4 Å². The van der Waals surface area contributed by atoms with Gasteiger partial charge in [-0.2, -0.15) is 5.10 Å². The van der Waals surface area contributed by atoms with E-state index in [0.717, 1.165) is 10.0 Å². The van der Waals surface area contributed by atoms with Crippen LogP contribution in [0.15, 0.2) is 107 Å². The molecule has 3 N–H and O–H groups in total. The molecule has 0 aromatic heterocycles. The molecule has 39 heavy (non-hydrogen) atoms. The lowest BCUT2D eigenvalue weighted by atomic mass is 10.1. The number of carbonyl (C=O) groups is 3. The summed E-state index contributed by atoms with van der Waals surface area (Å²) in [5, 5.41) is 9.62. The number of hydrazone groups is 1. The number of nitrogens with one attached hydrogen (secondary N) is 3. The van der Waals surface area contributed by atoms with E-state index in [9.17, 15) is 14.4 Å². The van der Waals surface area contributed by atoms with E-state index in [1.807, 2.05) is 36.4 Å². The highest BCUT2D eigenvalue weighted by Crippen LogP contribution is 2.23. The third-order valence-corrected chi connectivity index (χ3v) is 6.05. The van der Waals surface area contributed by atoms with Crippen molar-refractivity contribution >= 4 is 62.8 Å². The fourth-order valence-corrected chi connectivity index (χ4v) is 3.90.